The molecule has 0 radical (unpaired) electrons. The zero-order valence-corrected chi connectivity index (χ0v) is 18.1. The van der Waals surface area contributed by atoms with Crippen LogP contribution in [-0.4, -0.2) is 29.4 Å². The summed E-state index contributed by atoms with van der Waals surface area (Å²) in [6.07, 6.45) is 1.17. The second-order valence-electron chi connectivity index (χ2n) is 6.47. The molecule has 1 aromatic heterocycles. The van der Waals surface area contributed by atoms with Crippen molar-refractivity contribution in [3.05, 3.63) is 64.7 Å². The maximum Gasteiger partial charge on any atom is 0.248 e. The molecule has 0 unspecified atom stereocenters. The lowest BCUT2D eigenvalue weighted by atomic mass is 10.2. The van der Waals surface area contributed by atoms with Gasteiger partial charge in [0, 0.05) is 25.3 Å². The monoisotopic (exact) mass is 432 g/mol. The number of halogens is 1. The van der Waals surface area contributed by atoms with E-state index in [1.807, 2.05) is 43.0 Å². The zero-order valence-electron chi connectivity index (χ0n) is 16.5. The van der Waals surface area contributed by atoms with Crippen molar-refractivity contribution in [1.82, 2.24) is 4.57 Å². The first-order valence-electron chi connectivity index (χ1n) is 9.74. The Morgan fingerprint density at radius 3 is 2.83 bits per heavy atom. The number of hydrogen-bond donors (Lipinski definition) is 0. The summed E-state index contributed by atoms with van der Waals surface area (Å²) < 4.78 is 22.3. The molecule has 1 amide bonds. The van der Waals surface area contributed by atoms with Crippen LogP contribution in [0.3, 0.4) is 0 Å². The lowest BCUT2D eigenvalue weighted by Crippen LogP contribution is -2.20. The molecule has 0 aliphatic carbocycles. The van der Waals surface area contributed by atoms with Crippen LogP contribution in [0.25, 0.3) is 10.2 Å². The summed E-state index contributed by atoms with van der Waals surface area (Å²) >= 11 is 3.15. The minimum atomic E-state index is -0.304. The molecule has 0 aliphatic heterocycles. The standard InChI is InChI=1S/C22H25FN2O2S2/c1-2-27-14-13-25-21-18(23)10-6-11-19(21)29-22(25)24-20(26)12-7-15-28-16-17-8-4-3-5-9-17/h3-6,8-11H,2,7,12-16H2,1H3. The number of carbonyl (C=O) groups is 1. The Morgan fingerprint density at radius 2 is 2.03 bits per heavy atom. The van der Waals surface area contributed by atoms with Crippen LogP contribution in [0, 0.1) is 5.82 Å². The highest BCUT2D eigenvalue weighted by molar-refractivity contribution is 7.98. The molecular formula is C22H25FN2O2S2. The van der Waals surface area contributed by atoms with E-state index in [9.17, 15) is 9.18 Å². The van der Waals surface area contributed by atoms with Crippen molar-refractivity contribution in [3.8, 4) is 0 Å². The first kappa shape index (κ1) is 21.7. The topological polar surface area (TPSA) is 43.6 Å². The first-order chi connectivity index (χ1) is 14.2. The average Bonchev–Trinajstić information content (AvgIpc) is 3.07. The average molecular weight is 433 g/mol. The van der Waals surface area contributed by atoms with Gasteiger partial charge in [0.15, 0.2) is 4.80 Å². The Hall–Kier alpha value is -1.96. The molecule has 1 heterocycles. The van der Waals surface area contributed by atoms with E-state index >= 15 is 0 Å². The Labute approximate surface area is 178 Å². The SMILES string of the molecule is CCOCCn1c(=NC(=O)CCCSCc2ccccc2)sc2cccc(F)c21. The van der Waals surface area contributed by atoms with Crippen molar-refractivity contribution < 1.29 is 13.9 Å². The number of amides is 1. The summed E-state index contributed by atoms with van der Waals surface area (Å²) in [4.78, 5) is 17.2. The van der Waals surface area contributed by atoms with Gasteiger partial charge in [0.1, 0.15) is 5.82 Å². The lowest BCUT2D eigenvalue weighted by Gasteiger charge is -2.06. The highest BCUT2D eigenvalue weighted by Gasteiger charge is 2.11. The van der Waals surface area contributed by atoms with E-state index in [-0.39, 0.29) is 11.7 Å². The van der Waals surface area contributed by atoms with Gasteiger partial charge in [-0.15, -0.1) is 0 Å². The van der Waals surface area contributed by atoms with Crippen LogP contribution in [0.4, 0.5) is 4.39 Å². The zero-order chi connectivity index (χ0) is 20.5. The van der Waals surface area contributed by atoms with Gasteiger partial charge in [0.05, 0.1) is 16.8 Å². The van der Waals surface area contributed by atoms with Gasteiger partial charge in [-0.3, -0.25) is 4.79 Å². The molecule has 3 rings (SSSR count). The number of thioether (sulfide) groups is 1. The van der Waals surface area contributed by atoms with Crippen molar-refractivity contribution in [1.29, 1.82) is 0 Å². The van der Waals surface area contributed by atoms with Crippen LogP contribution < -0.4 is 4.80 Å². The van der Waals surface area contributed by atoms with Crippen molar-refractivity contribution in [2.75, 3.05) is 19.0 Å². The predicted molar refractivity (Wildman–Crippen MR) is 119 cm³/mol. The van der Waals surface area contributed by atoms with E-state index < -0.39 is 0 Å². The van der Waals surface area contributed by atoms with Gasteiger partial charge in [-0.1, -0.05) is 47.7 Å². The van der Waals surface area contributed by atoms with Gasteiger partial charge < -0.3 is 9.30 Å². The second-order valence-corrected chi connectivity index (χ2v) is 8.58. The number of benzene rings is 2. The van der Waals surface area contributed by atoms with Gasteiger partial charge in [-0.25, -0.2) is 4.39 Å². The second kappa shape index (κ2) is 11.3. The fraction of sp³-hybridized carbons (Fsp3) is 0.364. The molecule has 0 fully saturated rings. The van der Waals surface area contributed by atoms with Crippen LogP contribution in [0.15, 0.2) is 53.5 Å². The third kappa shape index (κ3) is 6.26. The predicted octanol–water partition coefficient (Wildman–Crippen LogP) is 5.02. The summed E-state index contributed by atoms with van der Waals surface area (Å²) in [5.41, 5.74) is 1.78. The van der Waals surface area contributed by atoms with Gasteiger partial charge in [0.25, 0.3) is 0 Å². The van der Waals surface area contributed by atoms with Gasteiger partial charge in [-0.05, 0) is 36.8 Å². The molecule has 154 valence electrons. The summed E-state index contributed by atoms with van der Waals surface area (Å²) in [6.45, 7) is 3.43. The van der Waals surface area contributed by atoms with E-state index in [0.717, 1.165) is 22.6 Å². The van der Waals surface area contributed by atoms with E-state index in [2.05, 4.69) is 17.1 Å². The number of fused-ring (bicyclic) bond motifs is 1. The number of para-hydroxylation sites is 1. The minimum absolute atomic E-state index is 0.164. The van der Waals surface area contributed by atoms with Gasteiger partial charge in [-0.2, -0.15) is 16.8 Å². The Kier molecular flexibility index (Phi) is 8.46. The van der Waals surface area contributed by atoms with Crippen LogP contribution in [0.5, 0.6) is 0 Å². The third-order valence-corrected chi connectivity index (χ3v) is 6.48. The van der Waals surface area contributed by atoms with E-state index in [1.165, 1.54) is 23.0 Å². The van der Waals surface area contributed by atoms with Crippen molar-refractivity contribution in [3.63, 3.8) is 0 Å². The molecule has 0 saturated heterocycles. The molecule has 0 aliphatic rings. The first-order valence-corrected chi connectivity index (χ1v) is 11.7. The molecule has 2 aromatic carbocycles. The quantitative estimate of drug-likeness (QED) is 0.423. The number of aromatic nitrogens is 1. The van der Waals surface area contributed by atoms with E-state index in [1.54, 1.807) is 10.6 Å². The summed E-state index contributed by atoms with van der Waals surface area (Å²) in [7, 11) is 0. The largest absolute Gasteiger partial charge is 0.380 e. The molecule has 0 saturated carbocycles. The molecule has 29 heavy (non-hydrogen) atoms. The van der Waals surface area contributed by atoms with Gasteiger partial charge in [0.2, 0.25) is 5.91 Å². The minimum Gasteiger partial charge on any atom is -0.380 e. The molecule has 0 atom stereocenters. The van der Waals surface area contributed by atoms with Crippen molar-refractivity contribution in [2.24, 2.45) is 4.99 Å². The van der Waals surface area contributed by atoms with Crippen LogP contribution in [0.1, 0.15) is 25.3 Å². The molecule has 4 nitrogen and oxygen atoms in total. The molecule has 7 heteroatoms. The van der Waals surface area contributed by atoms with Gasteiger partial charge >= 0.3 is 0 Å². The van der Waals surface area contributed by atoms with E-state index in [0.29, 0.717) is 36.5 Å². The molecular weight excluding hydrogens is 407 g/mol. The summed E-state index contributed by atoms with van der Waals surface area (Å²) in [5.74, 6) is 1.38. The lowest BCUT2D eigenvalue weighted by molar-refractivity contribution is -0.118. The highest BCUT2D eigenvalue weighted by atomic mass is 32.2. The molecule has 0 bridgehead atoms. The normalized spacial score (nSPS) is 12.0. The number of ether oxygens (including phenoxy) is 1. The fourth-order valence-electron chi connectivity index (χ4n) is 2.93. The number of rotatable bonds is 10. The Balaban J connectivity index is 1.62. The number of hydrogen-bond acceptors (Lipinski definition) is 4. The smallest absolute Gasteiger partial charge is 0.248 e. The van der Waals surface area contributed by atoms with Crippen LogP contribution >= 0.6 is 23.1 Å². The van der Waals surface area contributed by atoms with E-state index in [4.69, 9.17) is 4.74 Å². The third-order valence-electron chi connectivity index (χ3n) is 4.33. The highest BCUT2D eigenvalue weighted by Crippen LogP contribution is 2.20. The maximum absolute atomic E-state index is 14.3. The molecule has 0 N–H and O–H groups in total. The van der Waals surface area contributed by atoms with Crippen LogP contribution in [-0.2, 0) is 21.8 Å². The fourth-order valence-corrected chi connectivity index (χ4v) is 4.94. The number of thiazole rings is 1. The number of carbonyl (C=O) groups excluding carboxylic acids is 1. The molecule has 0 spiro atoms. The summed E-state index contributed by atoms with van der Waals surface area (Å²) in [5, 5.41) is 0. The Morgan fingerprint density at radius 1 is 1.21 bits per heavy atom. The maximum atomic E-state index is 14.3. The van der Waals surface area contributed by atoms with Crippen molar-refractivity contribution in [2.45, 2.75) is 32.1 Å². The van der Waals surface area contributed by atoms with Crippen molar-refractivity contribution >= 4 is 39.2 Å². The Bertz CT molecular complexity index is 999. The summed E-state index contributed by atoms with van der Waals surface area (Å²) in [6, 6.07) is 15.3. The van der Waals surface area contributed by atoms with Crippen LogP contribution in [0.2, 0.25) is 0 Å². The molecule has 3 aromatic rings. The number of nitrogens with zero attached hydrogens (tertiary/aromatic N) is 2.